The smallest absolute Gasteiger partial charge is 0.306 e. The normalized spacial score (nSPS) is 21.6. The van der Waals surface area contributed by atoms with E-state index in [9.17, 15) is 9.59 Å². The van der Waals surface area contributed by atoms with Gasteiger partial charge in [0.05, 0.1) is 10.9 Å². The molecule has 0 unspecified atom stereocenters. The largest absolute Gasteiger partial charge is 0.481 e. The maximum Gasteiger partial charge on any atom is 0.306 e. The van der Waals surface area contributed by atoms with E-state index in [0.717, 1.165) is 10.8 Å². The predicted molar refractivity (Wildman–Crippen MR) is 76.4 cm³/mol. The Kier molecular flexibility index (Phi) is 5.40. The number of carboxylic acids is 1. The summed E-state index contributed by atoms with van der Waals surface area (Å²) in [5.41, 5.74) is 0. The molecule has 0 aromatic carbocycles. The number of amides is 1. The Morgan fingerprint density at radius 1 is 1.35 bits per heavy atom. The lowest BCUT2D eigenvalue weighted by atomic mass is 10.0. The van der Waals surface area contributed by atoms with Crippen molar-refractivity contribution >= 4 is 23.6 Å². The van der Waals surface area contributed by atoms with Crippen LogP contribution in [0.1, 0.15) is 19.3 Å². The second kappa shape index (κ2) is 7.28. The van der Waals surface area contributed by atoms with Crippen LogP contribution in [0.3, 0.4) is 0 Å². The minimum atomic E-state index is -0.786. The topological polar surface area (TPSA) is 79.3 Å². The SMILES string of the molecule is O=C(O)[C@@H]1CC[C@H](C(=O)NCCSc2ccccn2)C1. The van der Waals surface area contributed by atoms with Crippen molar-refractivity contribution in [3.05, 3.63) is 24.4 Å². The molecular weight excluding hydrogens is 276 g/mol. The Balaban J connectivity index is 1.65. The van der Waals surface area contributed by atoms with Gasteiger partial charge in [-0.15, -0.1) is 11.8 Å². The van der Waals surface area contributed by atoms with Gasteiger partial charge >= 0.3 is 5.97 Å². The van der Waals surface area contributed by atoms with Crippen molar-refractivity contribution in [3.8, 4) is 0 Å². The van der Waals surface area contributed by atoms with Crippen molar-refractivity contribution in [1.82, 2.24) is 10.3 Å². The molecule has 1 saturated carbocycles. The molecule has 1 fully saturated rings. The van der Waals surface area contributed by atoms with E-state index in [2.05, 4.69) is 10.3 Å². The van der Waals surface area contributed by atoms with E-state index in [0.29, 0.717) is 25.8 Å². The Bertz CT molecular complexity index is 467. The summed E-state index contributed by atoms with van der Waals surface area (Å²) >= 11 is 1.59. The zero-order chi connectivity index (χ0) is 14.4. The number of nitrogens with zero attached hydrogens (tertiary/aromatic N) is 1. The van der Waals surface area contributed by atoms with Gasteiger partial charge in [0.2, 0.25) is 5.91 Å². The second-order valence-electron chi connectivity index (χ2n) is 4.85. The molecule has 2 rings (SSSR count). The molecule has 1 aliphatic rings. The van der Waals surface area contributed by atoms with Gasteiger partial charge in [0.15, 0.2) is 0 Å². The van der Waals surface area contributed by atoms with Crippen LogP contribution in [0, 0.1) is 11.8 Å². The third kappa shape index (κ3) is 4.23. The number of aliphatic carboxylic acids is 1. The molecule has 1 heterocycles. The Hall–Kier alpha value is -1.56. The first-order valence-electron chi connectivity index (χ1n) is 6.71. The number of carbonyl (C=O) groups is 2. The molecule has 0 aliphatic heterocycles. The van der Waals surface area contributed by atoms with Gasteiger partial charge in [-0.1, -0.05) is 6.07 Å². The van der Waals surface area contributed by atoms with Gasteiger partial charge in [0, 0.05) is 24.4 Å². The van der Waals surface area contributed by atoms with Crippen LogP contribution in [-0.2, 0) is 9.59 Å². The number of rotatable bonds is 6. The van der Waals surface area contributed by atoms with E-state index in [1.54, 1.807) is 18.0 Å². The highest BCUT2D eigenvalue weighted by molar-refractivity contribution is 7.99. The van der Waals surface area contributed by atoms with Crippen molar-refractivity contribution in [1.29, 1.82) is 0 Å². The van der Waals surface area contributed by atoms with Crippen LogP contribution in [0.4, 0.5) is 0 Å². The van der Waals surface area contributed by atoms with Crippen LogP contribution in [0.25, 0.3) is 0 Å². The van der Waals surface area contributed by atoms with Crippen molar-refractivity contribution in [2.75, 3.05) is 12.3 Å². The molecule has 2 N–H and O–H groups in total. The van der Waals surface area contributed by atoms with Crippen molar-refractivity contribution < 1.29 is 14.7 Å². The Labute approximate surface area is 122 Å². The average molecular weight is 294 g/mol. The molecule has 1 amide bonds. The van der Waals surface area contributed by atoms with E-state index < -0.39 is 5.97 Å². The Morgan fingerprint density at radius 3 is 2.80 bits per heavy atom. The van der Waals surface area contributed by atoms with Crippen LogP contribution in [0.15, 0.2) is 29.4 Å². The molecule has 0 radical (unpaired) electrons. The summed E-state index contributed by atoms with van der Waals surface area (Å²) < 4.78 is 0. The first kappa shape index (κ1) is 14.8. The average Bonchev–Trinajstić information content (AvgIpc) is 2.94. The number of thioether (sulfide) groups is 1. The number of nitrogens with one attached hydrogen (secondary N) is 1. The van der Waals surface area contributed by atoms with Crippen LogP contribution in [0.5, 0.6) is 0 Å². The number of hydrogen-bond donors (Lipinski definition) is 2. The van der Waals surface area contributed by atoms with Crippen LogP contribution < -0.4 is 5.32 Å². The lowest BCUT2D eigenvalue weighted by Gasteiger charge is -2.10. The van der Waals surface area contributed by atoms with Gasteiger partial charge in [-0.25, -0.2) is 4.98 Å². The summed E-state index contributed by atoms with van der Waals surface area (Å²) in [7, 11) is 0. The zero-order valence-electron chi connectivity index (χ0n) is 11.1. The molecule has 2 atom stereocenters. The molecule has 6 heteroatoms. The van der Waals surface area contributed by atoms with Crippen LogP contribution in [0.2, 0.25) is 0 Å². The van der Waals surface area contributed by atoms with E-state index in [1.165, 1.54) is 0 Å². The molecular formula is C14H18N2O3S. The van der Waals surface area contributed by atoms with Gasteiger partial charge in [0.25, 0.3) is 0 Å². The summed E-state index contributed by atoms with van der Waals surface area (Å²) in [4.78, 5) is 26.9. The van der Waals surface area contributed by atoms with Crippen LogP contribution in [-0.4, -0.2) is 34.3 Å². The second-order valence-corrected chi connectivity index (χ2v) is 5.97. The van der Waals surface area contributed by atoms with E-state index in [4.69, 9.17) is 5.11 Å². The maximum atomic E-state index is 11.9. The minimum absolute atomic E-state index is 0.0182. The van der Waals surface area contributed by atoms with Gasteiger partial charge in [-0.2, -0.15) is 0 Å². The van der Waals surface area contributed by atoms with Crippen molar-refractivity contribution in [2.24, 2.45) is 11.8 Å². The molecule has 0 spiro atoms. The highest BCUT2D eigenvalue weighted by Crippen LogP contribution is 2.31. The maximum absolute atomic E-state index is 11.9. The van der Waals surface area contributed by atoms with E-state index in [1.807, 2.05) is 18.2 Å². The summed E-state index contributed by atoms with van der Waals surface area (Å²) in [6.45, 7) is 0.578. The first-order chi connectivity index (χ1) is 9.66. The molecule has 108 valence electrons. The summed E-state index contributed by atoms with van der Waals surface area (Å²) in [6.07, 6.45) is 3.49. The standard InChI is InChI=1S/C14H18N2O3S/c17-13(10-4-5-11(9-10)14(18)19)16-7-8-20-12-3-1-2-6-15-12/h1-3,6,10-11H,4-5,7-9H2,(H,16,17)(H,18,19)/t10-,11+/m0/s1. The Morgan fingerprint density at radius 2 is 2.15 bits per heavy atom. The molecule has 1 aromatic heterocycles. The quantitative estimate of drug-likeness (QED) is 0.617. The highest BCUT2D eigenvalue weighted by Gasteiger charge is 2.33. The number of hydrogen-bond acceptors (Lipinski definition) is 4. The summed E-state index contributed by atoms with van der Waals surface area (Å²) in [5.74, 6) is -0.538. The van der Waals surface area contributed by atoms with Gasteiger partial charge in [0.1, 0.15) is 0 Å². The summed E-state index contributed by atoms with van der Waals surface area (Å²) in [5, 5.41) is 12.7. The van der Waals surface area contributed by atoms with E-state index in [-0.39, 0.29) is 17.7 Å². The summed E-state index contributed by atoms with van der Waals surface area (Å²) in [6, 6.07) is 5.73. The zero-order valence-corrected chi connectivity index (χ0v) is 11.9. The van der Waals surface area contributed by atoms with Gasteiger partial charge in [-0.05, 0) is 31.4 Å². The third-order valence-electron chi connectivity index (χ3n) is 3.44. The minimum Gasteiger partial charge on any atom is -0.481 e. The molecule has 0 bridgehead atoms. The lowest BCUT2D eigenvalue weighted by Crippen LogP contribution is -2.31. The van der Waals surface area contributed by atoms with Gasteiger partial charge < -0.3 is 10.4 Å². The fourth-order valence-electron chi connectivity index (χ4n) is 2.35. The molecule has 1 aliphatic carbocycles. The number of pyridine rings is 1. The fourth-order valence-corrected chi connectivity index (χ4v) is 3.07. The molecule has 1 aromatic rings. The molecule has 5 nitrogen and oxygen atoms in total. The van der Waals surface area contributed by atoms with Crippen LogP contribution >= 0.6 is 11.8 Å². The highest BCUT2D eigenvalue weighted by atomic mass is 32.2. The number of aromatic nitrogens is 1. The molecule has 20 heavy (non-hydrogen) atoms. The van der Waals surface area contributed by atoms with E-state index >= 15 is 0 Å². The van der Waals surface area contributed by atoms with Gasteiger partial charge in [-0.3, -0.25) is 9.59 Å². The fraction of sp³-hybridized carbons (Fsp3) is 0.500. The number of carboxylic acid groups (broad SMARTS) is 1. The number of carbonyl (C=O) groups excluding carboxylic acids is 1. The predicted octanol–water partition coefficient (Wildman–Crippen LogP) is 1.79. The van der Waals surface area contributed by atoms with Crippen molar-refractivity contribution in [3.63, 3.8) is 0 Å². The van der Waals surface area contributed by atoms with Crippen molar-refractivity contribution in [2.45, 2.75) is 24.3 Å². The molecule has 0 saturated heterocycles. The first-order valence-corrected chi connectivity index (χ1v) is 7.69. The third-order valence-corrected chi connectivity index (χ3v) is 4.39. The lowest BCUT2D eigenvalue weighted by molar-refractivity contribution is -0.141. The monoisotopic (exact) mass is 294 g/mol.